The number of hydrogen-bond acceptors (Lipinski definition) is 5. The lowest BCUT2D eigenvalue weighted by molar-refractivity contribution is 0.171. The third-order valence-corrected chi connectivity index (χ3v) is 4.03. The first-order chi connectivity index (χ1) is 8.70. The zero-order valence-corrected chi connectivity index (χ0v) is 11.0. The molecule has 18 heavy (non-hydrogen) atoms. The standard InChI is InChI=1S/C12H17NO4S/c1-13-7-9(14)8-18(15)10-2-3-11-12(6-10)17-5-4-16-11/h2-3,6,9,13-14H,4-5,7-8H2,1H3. The van der Waals surface area contributed by atoms with Crippen LogP contribution in [0.4, 0.5) is 0 Å². The first-order valence-electron chi connectivity index (χ1n) is 5.81. The molecule has 2 atom stereocenters. The van der Waals surface area contributed by atoms with Crippen molar-refractivity contribution < 1.29 is 18.8 Å². The monoisotopic (exact) mass is 271 g/mol. The topological polar surface area (TPSA) is 67.8 Å². The van der Waals surface area contributed by atoms with Gasteiger partial charge < -0.3 is 19.9 Å². The molecule has 0 aliphatic carbocycles. The van der Waals surface area contributed by atoms with Crippen molar-refractivity contribution in [1.82, 2.24) is 5.32 Å². The molecule has 1 aliphatic heterocycles. The number of aliphatic hydroxyl groups excluding tert-OH is 1. The number of benzene rings is 1. The van der Waals surface area contributed by atoms with Gasteiger partial charge in [0.15, 0.2) is 11.5 Å². The number of hydrogen-bond donors (Lipinski definition) is 2. The van der Waals surface area contributed by atoms with Crippen LogP contribution in [0, 0.1) is 0 Å². The largest absolute Gasteiger partial charge is 0.486 e. The summed E-state index contributed by atoms with van der Waals surface area (Å²) in [6.07, 6.45) is -0.621. The van der Waals surface area contributed by atoms with Crippen LogP contribution in [0.3, 0.4) is 0 Å². The summed E-state index contributed by atoms with van der Waals surface area (Å²) < 4.78 is 22.9. The van der Waals surface area contributed by atoms with Gasteiger partial charge in [-0.1, -0.05) is 0 Å². The molecule has 0 spiro atoms. The Morgan fingerprint density at radius 3 is 2.83 bits per heavy atom. The molecule has 100 valence electrons. The molecule has 6 heteroatoms. The second kappa shape index (κ2) is 6.17. The van der Waals surface area contributed by atoms with E-state index in [1.54, 1.807) is 25.2 Å². The van der Waals surface area contributed by atoms with Crippen LogP contribution < -0.4 is 14.8 Å². The summed E-state index contributed by atoms with van der Waals surface area (Å²) in [5.74, 6) is 1.51. The third kappa shape index (κ3) is 3.22. The molecule has 5 nitrogen and oxygen atoms in total. The number of rotatable bonds is 5. The van der Waals surface area contributed by atoms with Gasteiger partial charge >= 0.3 is 0 Å². The molecule has 1 aliphatic rings. The summed E-state index contributed by atoms with van der Waals surface area (Å²) >= 11 is 0. The average Bonchev–Trinajstić information content (AvgIpc) is 2.38. The molecular weight excluding hydrogens is 254 g/mol. The van der Waals surface area contributed by atoms with Gasteiger partial charge in [-0.3, -0.25) is 4.21 Å². The Bertz CT molecular complexity index is 438. The van der Waals surface area contributed by atoms with Crippen LogP contribution in [0.1, 0.15) is 0 Å². The molecule has 0 saturated heterocycles. The highest BCUT2D eigenvalue weighted by molar-refractivity contribution is 7.85. The quantitative estimate of drug-likeness (QED) is 0.797. The van der Waals surface area contributed by atoms with Crippen molar-refractivity contribution in [1.29, 1.82) is 0 Å². The van der Waals surface area contributed by atoms with Gasteiger partial charge in [0.1, 0.15) is 13.2 Å². The van der Waals surface area contributed by atoms with Crippen LogP contribution in [0.15, 0.2) is 23.1 Å². The number of aliphatic hydroxyl groups is 1. The Hall–Kier alpha value is -1.11. The second-order valence-electron chi connectivity index (χ2n) is 4.03. The van der Waals surface area contributed by atoms with Crippen molar-refractivity contribution in [3.05, 3.63) is 18.2 Å². The molecule has 0 fully saturated rings. The van der Waals surface area contributed by atoms with Crippen molar-refractivity contribution in [2.24, 2.45) is 0 Å². The van der Waals surface area contributed by atoms with Crippen LogP contribution in [0.25, 0.3) is 0 Å². The number of likely N-dealkylation sites (N-methyl/N-ethyl adjacent to an activating group) is 1. The van der Waals surface area contributed by atoms with Crippen LogP contribution in [0.2, 0.25) is 0 Å². The van der Waals surface area contributed by atoms with Gasteiger partial charge in [0.05, 0.1) is 22.7 Å². The van der Waals surface area contributed by atoms with Crippen LogP contribution in [-0.2, 0) is 10.8 Å². The van der Waals surface area contributed by atoms with Gasteiger partial charge in [-0.15, -0.1) is 0 Å². The van der Waals surface area contributed by atoms with E-state index >= 15 is 0 Å². The van der Waals surface area contributed by atoms with Gasteiger partial charge in [0, 0.05) is 17.5 Å². The summed E-state index contributed by atoms with van der Waals surface area (Å²) in [5.41, 5.74) is 0. The zero-order valence-electron chi connectivity index (χ0n) is 10.2. The van der Waals surface area contributed by atoms with E-state index in [4.69, 9.17) is 9.47 Å². The molecular formula is C12H17NO4S. The predicted octanol–water partition coefficient (Wildman–Crippen LogP) is 0.146. The fourth-order valence-electron chi connectivity index (χ4n) is 1.73. The van der Waals surface area contributed by atoms with E-state index in [2.05, 4.69) is 5.32 Å². The molecule has 0 bridgehead atoms. The maximum Gasteiger partial charge on any atom is 0.162 e. The minimum atomic E-state index is -1.24. The van der Waals surface area contributed by atoms with Gasteiger partial charge in [0.2, 0.25) is 0 Å². The summed E-state index contributed by atoms with van der Waals surface area (Å²) in [4.78, 5) is 0.648. The van der Waals surface area contributed by atoms with Gasteiger partial charge in [-0.25, -0.2) is 0 Å². The Balaban J connectivity index is 2.06. The fraction of sp³-hybridized carbons (Fsp3) is 0.500. The van der Waals surface area contributed by atoms with Gasteiger partial charge in [-0.05, 0) is 19.2 Å². The lowest BCUT2D eigenvalue weighted by atomic mass is 10.3. The lowest BCUT2D eigenvalue weighted by Gasteiger charge is -2.19. The highest BCUT2D eigenvalue weighted by Gasteiger charge is 2.16. The van der Waals surface area contributed by atoms with E-state index in [-0.39, 0.29) is 5.75 Å². The highest BCUT2D eigenvalue weighted by atomic mass is 32.2. The molecule has 0 aromatic heterocycles. The Labute approximate surface area is 109 Å². The lowest BCUT2D eigenvalue weighted by Crippen LogP contribution is -2.28. The fourth-order valence-corrected chi connectivity index (χ4v) is 2.85. The van der Waals surface area contributed by atoms with Crippen molar-refractivity contribution >= 4 is 10.8 Å². The number of nitrogens with one attached hydrogen (secondary N) is 1. The Morgan fingerprint density at radius 1 is 1.39 bits per heavy atom. The first-order valence-corrected chi connectivity index (χ1v) is 7.13. The summed E-state index contributed by atoms with van der Waals surface area (Å²) in [6, 6.07) is 5.22. The summed E-state index contributed by atoms with van der Waals surface area (Å²) in [6.45, 7) is 1.47. The van der Waals surface area contributed by atoms with Gasteiger partial charge in [-0.2, -0.15) is 0 Å². The molecule has 2 N–H and O–H groups in total. The minimum absolute atomic E-state index is 0.209. The van der Waals surface area contributed by atoms with E-state index in [1.807, 2.05) is 0 Å². The molecule has 0 radical (unpaired) electrons. The molecule has 1 heterocycles. The van der Waals surface area contributed by atoms with E-state index in [1.165, 1.54) is 0 Å². The summed E-state index contributed by atoms with van der Waals surface area (Å²) in [7, 11) is 0.508. The minimum Gasteiger partial charge on any atom is -0.486 e. The van der Waals surface area contributed by atoms with Crippen LogP contribution in [0.5, 0.6) is 11.5 Å². The molecule has 0 saturated carbocycles. The maximum absolute atomic E-state index is 12.0. The first kappa shape index (κ1) is 13.3. The number of ether oxygens (including phenoxy) is 2. The molecule has 0 amide bonds. The van der Waals surface area contributed by atoms with E-state index in [9.17, 15) is 9.32 Å². The Morgan fingerprint density at radius 2 is 2.11 bits per heavy atom. The second-order valence-corrected chi connectivity index (χ2v) is 5.52. The van der Waals surface area contributed by atoms with E-state index in [0.717, 1.165) is 0 Å². The highest BCUT2D eigenvalue weighted by Crippen LogP contribution is 2.31. The smallest absolute Gasteiger partial charge is 0.162 e. The molecule has 2 unspecified atom stereocenters. The summed E-state index contributed by atoms with van der Waals surface area (Å²) in [5, 5.41) is 12.5. The van der Waals surface area contributed by atoms with Crippen molar-refractivity contribution in [2.45, 2.75) is 11.0 Å². The SMILES string of the molecule is CNCC(O)CS(=O)c1ccc2c(c1)OCCO2. The predicted molar refractivity (Wildman–Crippen MR) is 68.6 cm³/mol. The zero-order chi connectivity index (χ0) is 13.0. The van der Waals surface area contributed by atoms with E-state index in [0.29, 0.717) is 36.2 Å². The van der Waals surface area contributed by atoms with Crippen LogP contribution in [-0.4, -0.2) is 48.0 Å². The molecule has 2 rings (SSSR count). The van der Waals surface area contributed by atoms with Crippen molar-refractivity contribution in [3.8, 4) is 11.5 Å². The van der Waals surface area contributed by atoms with Crippen molar-refractivity contribution in [3.63, 3.8) is 0 Å². The van der Waals surface area contributed by atoms with Crippen LogP contribution >= 0.6 is 0 Å². The number of fused-ring (bicyclic) bond motifs is 1. The van der Waals surface area contributed by atoms with E-state index < -0.39 is 16.9 Å². The van der Waals surface area contributed by atoms with Crippen molar-refractivity contribution in [2.75, 3.05) is 32.6 Å². The average molecular weight is 271 g/mol. The third-order valence-electron chi connectivity index (χ3n) is 2.56. The Kier molecular flexibility index (Phi) is 4.57. The molecule has 1 aromatic carbocycles. The molecule has 1 aromatic rings. The van der Waals surface area contributed by atoms with Gasteiger partial charge in [0.25, 0.3) is 0 Å². The normalized spacial score (nSPS) is 17.2. The maximum atomic E-state index is 12.0.